The van der Waals surface area contributed by atoms with Gasteiger partial charge in [-0.05, 0) is 5.41 Å². The Bertz CT molecular complexity index is 148. The van der Waals surface area contributed by atoms with Gasteiger partial charge in [-0.2, -0.15) is 0 Å². The van der Waals surface area contributed by atoms with Crippen LogP contribution in [0, 0.1) is 5.41 Å². The number of rotatable bonds is 0. The van der Waals surface area contributed by atoms with Crippen molar-refractivity contribution in [2.75, 3.05) is 11.5 Å². The normalized spacial score (nSPS) is 34.7. The molecule has 0 aliphatic carbocycles. The molecule has 1 saturated heterocycles. The van der Waals surface area contributed by atoms with Crippen LogP contribution in [0.1, 0.15) is 20.8 Å². The lowest BCUT2D eigenvalue weighted by Crippen LogP contribution is -2.24. The minimum atomic E-state index is -0.567. The zero-order valence-corrected chi connectivity index (χ0v) is 8.35. The summed E-state index contributed by atoms with van der Waals surface area (Å²) in [6, 6.07) is 0. The third-order valence-electron chi connectivity index (χ3n) is 1.50. The Balaban J connectivity index is 2.64. The van der Waals surface area contributed by atoms with Crippen LogP contribution in [-0.4, -0.2) is 20.3 Å². The average molecular weight is 178 g/mol. The molecule has 1 fully saturated rings. The van der Waals surface area contributed by atoms with Crippen molar-refractivity contribution in [3.8, 4) is 0 Å². The molecular weight excluding hydrogens is 164 g/mol. The molecule has 10 heavy (non-hydrogen) atoms. The van der Waals surface area contributed by atoms with Gasteiger partial charge in [-0.15, -0.1) is 11.8 Å². The van der Waals surface area contributed by atoms with Crippen molar-refractivity contribution >= 4 is 22.6 Å². The summed E-state index contributed by atoms with van der Waals surface area (Å²) >= 11 is 1.86. The molecule has 3 heteroatoms. The van der Waals surface area contributed by atoms with Crippen molar-refractivity contribution in [2.24, 2.45) is 5.41 Å². The minimum Gasteiger partial charge on any atom is -0.258 e. The van der Waals surface area contributed by atoms with Gasteiger partial charge in [0.05, 0.1) is 4.58 Å². The summed E-state index contributed by atoms with van der Waals surface area (Å²) in [5, 5.41) is 0. The van der Waals surface area contributed by atoms with E-state index in [1.165, 1.54) is 0 Å². The van der Waals surface area contributed by atoms with Crippen LogP contribution in [0.3, 0.4) is 0 Å². The molecule has 0 radical (unpaired) electrons. The van der Waals surface area contributed by atoms with Crippen LogP contribution in [0.4, 0.5) is 0 Å². The molecule has 60 valence electrons. The van der Waals surface area contributed by atoms with Gasteiger partial charge in [0.2, 0.25) is 0 Å². The van der Waals surface area contributed by atoms with Gasteiger partial charge in [0.25, 0.3) is 0 Å². The minimum absolute atomic E-state index is 0.214. The van der Waals surface area contributed by atoms with Crippen LogP contribution in [0.5, 0.6) is 0 Å². The molecule has 0 amide bonds. The van der Waals surface area contributed by atoms with Crippen LogP contribution >= 0.6 is 11.8 Å². The van der Waals surface area contributed by atoms with Crippen LogP contribution in [0.2, 0.25) is 0 Å². The zero-order valence-electron chi connectivity index (χ0n) is 6.72. The van der Waals surface area contributed by atoms with E-state index in [1.807, 2.05) is 11.8 Å². The molecule has 0 bridgehead atoms. The van der Waals surface area contributed by atoms with E-state index in [4.69, 9.17) is 0 Å². The summed E-state index contributed by atoms with van der Waals surface area (Å²) in [6.45, 7) is 6.48. The molecule has 0 aromatic carbocycles. The maximum absolute atomic E-state index is 11.3. The molecule has 1 aliphatic heterocycles. The van der Waals surface area contributed by atoms with Gasteiger partial charge in [0.1, 0.15) is 0 Å². The fourth-order valence-corrected chi connectivity index (χ4v) is 5.01. The first-order valence-corrected chi connectivity index (χ1v) is 5.93. The van der Waals surface area contributed by atoms with Crippen LogP contribution in [0.15, 0.2) is 0 Å². The van der Waals surface area contributed by atoms with E-state index in [0.29, 0.717) is 4.58 Å². The van der Waals surface area contributed by atoms with Crippen molar-refractivity contribution in [3.05, 3.63) is 0 Å². The van der Waals surface area contributed by atoms with E-state index in [-0.39, 0.29) is 5.41 Å². The highest BCUT2D eigenvalue weighted by Crippen LogP contribution is 2.37. The molecule has 1 rings (SSSR count). The Morgan fingerprint density at radius 1 is 1.50 bits per heavy atom. The van der Waals surface area contributed by atoms with Gasteiger partial charge in [-0.25, -0.2) is 0 Å². The highest BCUT2D eigenvalue weighted by atomic mass is 32.2. The molecule has 0 saturated carbocycles. The van der Waals surface area contributed by atoms with Gasteiger partial charge >= 0.3 is 0 Å². The largest absolute Gasteiger partial charge is 0.258 e. The van der Waals surface area contributed by atoms with Crippen LogP contribution < -0.4 is 0 Å². The van der Waals surface area contributed by atoms with E-state index >= 15 is 0 Å². The number of thioether (sulfide) groups is 1. The quantitative estimate of drug-likeness (QED) is 0.563. The first-order chi connectivity index (χ1) is 4.52. The molecule has 1 nitrogen and oxygen atoms in total. The Morgan fingerprint density at radius 3 is 2.30 bits per heavy atom. The van der Waals surface area contributed by atoms with Crippen molar-refractivity contribution in [1.29, 1.82) is 0 Å². The maximum atomic E-state index is 11.3. The van der Waals surface area contributed by atoms with Gasteiger partial charge in [-0.3, -0.25) is 4.21 Å². The predicted molar refractivity (Wildman–Crippen MR) is 48.7 cm³/mol. The number of hydrogen-bond donors (Lipinski definition) is 0. The fraction of sp³-hybridized carbons (Fsp3) is 1.00. The highest BCUT2D eigenvalue weighted by Gasteiger charge is 2.34. The van der Waals surface area contributed by atoms with E-state index < -0.39 is 10.8 Å². The molecule has 0 aromatic rings. The average Bonchev–Trinajstić information content (AvgIpc) is 2.11. The van der Waals surface area contributed by atoms with E-state index in [0.717, 1.165) is 11.5 Å². The van der Waals surface area contributed by atoms with Gasteiger partial charge in [-0.1, -0.05) is 20.8 Å². The zero-order chi connectivity index (χ0) is 7.78. The second-order valence-electron chi connectivity index (χ2n) is 3.65. The van der Waals surface area contributed by atoms with Crippen LogP contribution in [0.25, 0.3) is 0 Å². The third kappa shape index (κ3) is 1.76. The lowest BCUT2D eigenvalue weighted by molar-refractivity contribution is 0.454. The monoisotopic (exact) mass is 178 g/mol. The van der Waals surface area contributed by atoms with E-state index in [9.17, 15) is 4.21 Å². The Hall–Kier alpha value is 0.500. The standard InChI is InChI=1S/C7H14OS2/c1-7(2,3)6-9-4-5-10(6)8/h6H,4-5H2,1-3H3/t6-,10?/m0/s1. The number of hydrogen-bond acceptors (Lipinski definition) is 2. The first-order valence-electron chi connectivity index (χ1n) is 3.50. The third-order valence-corrected chi connectivity index (χ3v) is 6.05. The maximum Gasteiger partial charge on any atom is 0.0850 e. The van der Waals surface area contributed by atoms with Gasteiger partial charge in [0, 0.05) is 22.3 Å². The SMILES string of the molecule is CC(C)(C)[C@H]1SCCS1=O. The van der Waals surface area contributed by atoms with E-state index in [1.54, 1.807) is 0 Å². The molecule has 1 unspecified atom stereocenters. The summed E-state index contributed by atoms with van der Waals surface area (Å²) in [4.78, 5) is 0. The molecule has 0 spiro atoms. The molecule has 1 heterocycles. The summed E-state index contributed by atoms with van der Waals surface area (Å²) in [7, 11) is -0.567. The predicted octanol–water partition coefficient (Wildman–Crippen LogP) is 1.85. The first kappa shape index (κ1) is 8.60. The fourth-order valence-electron chi connectivity index (χ4n) is 1.06. The summed E-state index contributed by atoms with van der Waals surface area (Å²) in [5.41, 5.74) is 0.214. The molecule has 0 N–H and O–H groups in total. The lowest BCUT2D eigenvalue weighted by atomic mass is 10.0. The molecular formula is C7H14OS2. The van der Waals surface area contributed by atoms with Crippen molar-refractivity contribution in [2.45, 2.75) is 25.4 Å². The Labute approximate surface area is 69.4 Å². The second-order valence-corrected chi connectivity index (χ2v) is 6.81. The Morgan fingerprint density at radius 2 is 2.10 bits per heavy atom. The highest BCUT2D eigenvalue weighted by molar-refractivity contribution is 8.14. The Kier molecular flexibility index (Phi) is 2.46. The molecule has 1 aliphatic rings. The van der Waals surface area contributed by atoms with Crippen molar-refractivity contribution in [1.82, 2.24) is 0 Å². The van der Waals surface area contributed by atoms with E-state index in [2.05, 4.69) is 20.8 Å². The lowest BCUT2D eigenvalue weighted by Gasteiger charge is -2.24. The smallest absolute Gasteiger partial charge is 0.0850 e. The van der Waals surface area contributed by atoms with Gasteiger partial charge in [0.15, 0.2) is 0 Å². The van der Waals surface area contributed by atoms with Crippen molar-refractivity contribution < 1.29 is 4.21 Å². The summed E-state index contributed by atoms with van der Waals surface area (Å²) in [6.07, 6.45) is 0. The second kappa shape index (κ2) is 2.86. The summed E-state index contributed by atoms with van der Waals surface area (Å²) in [5.74, 6) is 1.97. The van der Waals surface area contributed by atoms with Gasteiger partial charge < -0.3 is 0 Å². The molecule has 2 atom stereocenters. The topological polar surface area (TPSA) is 17.1 Å². The van der Waals surface area contributed by atoms with Crippen molar-refractivity contribution in [3.63, 3.8) is 0 Å². The summed E-state index contributed by atoms with van der Waals surface area (Å²) < 4.78 is 11.7. The van der Waals surface area contributed by atoms with Crippen LogP contribution in [-0.2, 0) is 10.8 Å². The molecule has 0 aromatic heterocycles.